The zero-order chi connectivity index (χ0) is 23.1. The van der Waals surface area contributed by atoms with Crippen LogP contribution >= 0.6 is 0 Å². The third kappa shape index (κ3) is 5.27. The van der Waals surface area contributed by atoms with Crippen LogP contribution in [0.2, 0.25) is 0 Å². The molecule has 1 aromatic heterocycles. The third-order valence-corrected chi connectivity index (χ3v) is 6.16. The Labute approximate surface area is 185 Å². The Bertz CT molecular complexity index is 1280. The van der Waals surface area contributed by atoms with Crippen molar-refractivity contribution in [2.45, 2.75) is 9.79 Å². The van der Waals surface area contributed by atoms with Crippen molar-refractivity contribution < 1.29 is 13.2 Å². The maximum absolute atomic E-state index is 12.7. The van der Waals surface area contributed by atoms with E-state index in [-0.39, 0.29) is 15.8 Å². The van der Waals surface area contributed by atoms with Gasteiger partial charge in [0.15, 0.2) is 5.96 Å². The van der Waals surface area contributed by atoms with Crippen LogP contribution in [0.15, 0.2) is 107 Å². The van der Waals surface area contributed by atoms with Gasteiger partial charge in [-0.15, -0.1) is 0 Å². The van der Waals surface area contributed by atoms with Gasteiger partial charge in [0.05, 0.1) is 15.5 Å². The number of guanidine groups is 1. The summed E-state index contributed by atoms with van der Waals surface area (Å²) in [5, 5.41) is 2.92. The minimum Gasteiger partial charge on any atom is -0.369 e. The number of hydrogen-bond donors (Lipinski definition) is 3. The van der Waals surface area contributed by atoms with E-state index in [0.717, 1.165) is 0 Å². The fourth-order valence-electron chi connectivity index (χ4n) is 2.79. The Balaban J connectivity index is 1.83. The van der Waals surface area contributed by atoms with Gasteiger partial charge in [-0.25, -0.2) is 13.4 Å². The van der Waals surface area contributed by atoms with Crippen LogP contribution in [0.3, 0.4) is 0 Å². The number of aliphatic imine (C=N–C) groups is 1. The Morgan fingerprint density at radius 1 is 0.906 bits per heavy atom. The van der Waals surface area contributed by atoms with E-state index in [9.17, 15) is 13.2 Å². The Kier molecular flexibility index (Phi) is 6.81. The molecular weight excluding hydrogens is 426 g/mol. The molecule has 1 amide bonds. The third-order valence-electron chi connectivity index (χ3n) is 4.38. The molecule has 0 spiro atoms. The summed E-state index contributed by atoms with van der Waals surface area (Å²) >= 11 is 0. The first-order chi connectivity index (χ1) is 15.3. The molecule has 5 N–H and O–H groups in total. The second-order valence-corrected chi connectivity index (χ2v) is 8.51. The summed E-state index contributed by atoms with van der Waals surface area (Å²) in [4.78, 5) is 19.7. The van der Waals surface area contributed by atoms with E-state index in [2.05, 4.69) is 21.9 Å². The molecule has 0 atom stereocenters. The zero-order valence-corrected chi connectivity index (χ0v) is 17.8. The molecule has 0 radical (unpaired) electrons. The molecule has 8 nitrogen and oxygen atoms in total. The van der Waals surface area contributed by atoms with Crippen molar-refractivity contribution in [3.63, 3.8) is 0 Å². The van der Waals surface area contributed by atoms with Crippen molar-refractivity contribution in [2.75, 3.05) is 5.32 Å². The molecule has 2 aromatic carbocycles. The Hall–Kier alpha value is -4.24. The lowest BCUT2D eigenvalue weighted by atomic mass is 10.1. The minimum absolute atomic E-state index is 0.0957. The van der Waals surface area contributed by atoms with Gasteiger partial charge in [-0.1, -0.05) is 24.8 Å². The molecule has 0 aliphatic rings. The number of nitrogens with two attached hydrogens (primary N) is 2. The monoisotopic (exact) mass is 447 g/mol. The number of anilines is 1. The van der Waals surface area contributed by atoms with E-state index < -0.39 is 15.7 Å². The maximum atomic E-state index is 12.7. The summed E-state index contributed by atoms with van der Waals surface area (Å²) in [5.41, 5.74) is 13.4. The number of carbonyl (C=O) groups is 1. The molecule has 0 aliphatic carbocycles. The topological polar surface area (TPSA) is 141 Å². The average Bonchev–Trinajstić information content (AvgIpc) is 2.80. The van der Waals surface area contributed by atoms with Crippen LogP contribution in [-0.2, 0) is 9.84 Å². The normalized spacial score (nSPS) is 12.2. The van der Waals surface area contributed by atoms with E-state index in [1.54, 1.807) is 48.6 Å². The quantitative estimate of drug-likeness (QED) is 0.289. The number of nitrogens with one attached hydrogen (secondary N) is 1. The molecule has 0 fully saturated rings. The molecule has 0 unspecified atom stereocenters. The van der Waals surface area contributed by atoms with Crippen LogP contribution in [0.4, 0.5) is 5.69 Å². The first kappa shape index (κ1) is 22.4. The van der Waals surface area contributed by atoms with Crippen LogP contribution < -0.4 is 16.8 Å². The number of aromatic nitrogens is 1. The summed E-state index contributed by atoms with van der Waals surface area (Å²) in [6.45, 7) is 3.69. The van der Waals surface area contributed by atoms with Gasteiger partial charge in [-0.2, -0.15) is 0 Å². The average molecular weight is 448 g/mol. The largest absolute Gasteiger partial charge is 0.369 e. The van der Waals surface area contributed by atoms with Crippen LogP contribution in [0, 0.1) is 0 Å². The summed E-state index contributed by atoms with van der Waals surface area (Å²) in [5.74, 6) is -0.429. The number of carbonyl (C=O) groups excluding carboxylic acids is 1. The highest BCUT2D eigenvalue weighted by Gasteiger charge is 2.17. The lowest BCUT2D eigenvalue weighted by Crippen LogP contribution is -2.22. The van der Waals surface area contributed by atoms with Crippen LogP contribution in [0.5, 0.6) is 0 Å². The van der Waals surface area contributed by atoms with Crippen molar-refractivity contribution in [1.82, 2.24) is 4.98 Å². The minimum atomic E-state index is -3.65. The summed E-state index contributed by atoms with van der Waals surface area (Å²) in [7, 11) is -3.65. The fraction of sp³-hybridized carbons (Fsp3) is 0. The van der Waals surface area contributed by atoms with Crippen LogP contribution in [-0.4, -0.2) is 25.3 Å². The number of rotatable bonds is 7. The van der Waals surface area contributed by atoms with E-state index in [0.29, 0.717) is 22.5 Å². The Morgan fingerprint density at radius 3 is 2.03 bits per heavy atom. The lowest BCUT2D eigenvalue weighted by Gasteiger charge is -2.09. The highest BCUT2D eigenvalue weighted by molar-refractivity contribution is 7.91. The molecule has 9 heteroatoms. The van der Waals surface area contributed by atoms with Gasteiger partial charge in [0.25, 0.3) is 0 Å². The van der Waals surface area contributed by atoms with E-state index in [1.165, 1.54) is 36.7 Å². The second kappa shape index (κ2) is 9.71. The smallest absolute Gasteiger partial charge is 0.248 e. The molecule has 162 valence electrons. The number of hydrogen-bond acceptors (Lipinski definition) is 5. The van der Waals surface area contributed by atoms with Crippen LogP contribution in [0.1, 0.15) is 15.9 Å². The molecule has 0 saturated carbocycles. The molecule has 32 heavy (non-hydrogen) atoms. The highest BCUT2D eigenvalue weighted by atomic mass is 32.2. The van der Waals surface area contributed by atoms with E-state index in [4.69, 9.17) is 11.5 Å². The van der Waals surface area contributed by atoms with Crippen molar-refractivity contribution >= 4 is 33.1 Å². The number of primary amides is 1. The number of amides is 1. The fourth-order valence-corrected chi connectivity index (χ4v) is 4.04. The number of pyridine rings is 1. The molecule has 3 rings (SSSR count). The van der Waals surface area contributed by atoms with Gasteiger partial charge in [0, 0.05) is 29.2 Å². The maximum Gasteiger partial charge on any atom is 0.248 e. The molecule has 0 aliphatic heterocycles. The van der Waals surface area contributed by atoms with Crippen LogP contribution in [0.25, 0.3) is 5.70 Å². The second-order valence-electron chi connectivity index (χ2n) is 6.56. The molecule has 0 bridgehead atoms. The predicted molar refractivity (Wildman–Crippen MR) is 125 cm³/mol. The summed E-state index contributed by atoms with van der Waals surface area (Å²) < 4.78 is 25.5. The number of allylic oxidation sites excluding steroid dienone is 2. The number of benzene rings is 2. The van der Waals surface area contributed by atoms with Crippen molar-refractivity contribution in [1.29, 1.82) is 0 Å². The lowest BCUT2D eigenvalue weighted by molar-refractivity contribution is 0.100. The van der Waals surface area contributed by atoms with Gasteiger partial charge in [0.2, 0.25) is 15.7 Å². The van der Waals surface area contributed by atoms with Gasteiger partial charge in [0.1, 0.15) is 0 Å². The predicted octanol–water partition coefficient (Wildman–Crippen LogP) is 2.97. The van der Waals surface area contributed by atoms with Gasteiger partial charge >= 0.3 is 0 Å². The SMILES string of the molecule is C=C/C=C(\N=C(/N)Nc1ccc(C(N)=O)cc1)c1ccc(S(=O)(=O)c2ccncc2)cc1. The van der Waals surface area contributed by atoms with E-state index >= 15 is 0 Å². The van der Waals surface area contributed by atoms with Crippen molar-refractivity contribution in [3.8, 4) is 0 Å². The number of nitrogens with zero attached hydrogens (tertiary/aromatic N) is 2. The number of sulfone groups is 1. The van der Waals surface area contributed by atoms with E-state index in [1.807, 2.05) is 0 Å². The first-order valence-corrected chi connectivity index (χ1v) is 10.9. The molecule has 1 heterocycles. The van der Waals surface area contributed by atoms with Gasteiger partial charge in [-0.3, -0.25) is 9.78 Å². The Morgan fingerprint density at radius 2 is 1.47 bits per heavy atom. The van der Waals surface area contributed by atoms with Crippen molar-refractivity contribution in [3.05, 3.63) is 103 Å². The molecule has 0 saturated heterocycles. The van der Waals surface area contributed by atoms with Gasteiger partial charge < -0.3 is 16.8 Å². The van der Waals surface area contributed by atoms with Gasteiger partial charge in [-0.05, 0) is 54.6 Å². The molecular formula is C23H21N5O3S. The summed E-state index contributed by atoms with van der Waals surface area (Å²) in [6, 6.07) is 15.6. The van der Waals surface area contributed by atoms with Crippen molar-refractivity contribution in [2.24, 2.45) is 16.5 Å². The zero-order valence-electron chi connectivity index (χ0n) is 17.0. The summed E-state index contributed by atoms with van der Waals surface area (Å²) in [6.07, 6.45) is 6.06. The standard InChI is InChI=1S/C23H21N5O3S/c1-2-3-21(28-23(25)27-18-8-4-17(5-9-18)22(24)29)16-6-10-19(11-7-16)32(30,31)20-12-14-26-15-13-20/h2-15H,1H2,(H2,24,29)(H3,25,27,28)/b21-3-. The first-order valence-electron chi connectivity index (χ1n) is 9.40. The molecule has 3 aromatic rings. The highest BCUT2D eigenvalue weighted by Crippen LogP contribution is 2.23.